The number of nitrogens with one attached hydrogen (secondary N) is 1. The van der Waals surface area contributed by atoms with Crippen molar-refractivity contribution in [2.75, 3.05) is 18.4 Å². The first-order chi connectivity index (χ1) is 12.1. The van der Waals surface area contributed by atoms with E-state index in [4.69, 9.17) is 0 Å². The molecule has 7 nitrogen and oxygen atoms in total. The van der Waals surface area contributed by atoms with E-state index < -0.39 is 0 Å². The molecule has 2 aromatic heterocycles. The Hall–Kier alpha value is -2.57. The fourth-order valence-electron chi connectivity index (χ4n) is 3.02. The topological polar surface area (TPSA) is 83.9 Å². The standard InChI is InChI=1S/C18H24N6O/c1-13(2)17(25)24-8-4-14(5-9-24)10-15-11-22-16(12-21-15)23-18-19-6-3-7-20-18/h3,6-7,11-14H,4-5,8-10H2,1-2H3,(H,19,20,22,23). The highest BCUT2D eigenvalue weighted by molar-refractivity contribution is 5.78. The van der Waals surface area contributed by atoms with Gasteiger partial charge in [-0.1, -0.05) is 13.8 Å². The first-order valence-electron chi connectivity index (χ1n) is 8.75. The van der Waals surface area contributed by atoms with Crippen molar-refractivity contribution in [3.63, 3.8) is 0 Å². The van der Waals surface area contributed by atoms with Gasteiger partial charge in [0.05, 0.1) is 18.1 Å². The molecule has 7 heteroatoms. The highest BCUT2D eigenvalue weighted by Gasteiger charge is 2.24. The molecule has 0 aromatic carbocycles. The van der Waals surface area contributed by atoms with Crippen LogP contribution in [-0.4, -0.2) is 43.8 Å². The van der Waals surface area contributed by atoms with E-state index in [0.29, 0.717) is 17.7 Å². The Bertz CT molecular complexity index is 680. The van der Waals surface area contributed by atoms with Crippen LogP contribution in [0.25, 0.3) is 0 Å². The Labute approximate surface area is 147 Å². The molecule has 1 N–H and O–H groups in total. The van der Waals surface area contributed by atoms with Gasteiger partial charge < -0.3 is 10.2 Å². The van der Waals surface area contributed by atoms with Crippen molar-refractivity contribution in [3.05, 3.63) is 36.5 Å². The van der Waals surface area contributed by atoms with Crippen molar-refractivity contribution >= 4 is 17.7 Å². The zero-order chi connectivity index (χ0) is 17.6. The van der Waals surface area contributed by atoms with Gasteiger partial charge >= 0.3 is 0 Å². The van der Waals surface area contributed by atoms with Gasteiger partial charge in [-0.25, -0.2) is 15.0 Å². The Morgan fingerprint density at radius 2 is 1.88 bits per heavy atom. The summed E-state index contributed by atoms with van der Waals surface area (Å²) < 4.78 is 0. The minimum atomic E-state index is 0.0797. The number of rotatable bonds is 5. The summed E-state index contributed by atoms with van der Waals surface area (Å²) in [7, 11) is 0. The fraction of sp³-hybridized carbons (Fsp3) is 0.500. The van der Waals surface area contributed by atoms with Gasteiger partial charge in [0.15, 0.2) is 5.82 Å². The van der Waals surface area contributed by atoms with Crippen molar-refractivity contribution in [1.82, 2.24) is 24.8 Å². The highest BCUT2D eigenvalue weighted by Crippen LogP contribution is 2.22. The van der Waals surface area contributed by atoms with E-state index in [1.54, 1.807) is 30.9 Å². The molecule has 25 heavy (non-hydrogen) atoms. The average Bonchev–Trinajstić information content (AvgIpc) is 2.64. The third-order valence-electron chi connectivity index (χ3n) is 4.43. The Balaban J connectivity index is 1.50. The van der Waals surface area contributed by atoms with Gasteiger partial charge in [-0.3, -0.25) is 9.78 Å². The minimum Gasteiger partial charge on any atom is -0.342 e. The first kappa shape index (κ1) is 17.3. The lowest BCUT2D eigenvalue weighted by Crippen LogP contribution is -2.41. The number of aromatic nitrogens is 4. The number of piperidine rings is 1. The van der Waals surface area contributed by atoms with Crippen molar-refractivity contribution in [2.24, 2.45) is 11.8 Å². The van der Waals surface area contributed by atoms with Crippen LogP contribution < -0.4 is 5.32 Å². The molecule has 0 aliphatic carbocycles. The average molecular weight is 340 g/mol. The van der Waals surface area contributed by atoms with Crippen LogP contribution in [0, 0.1) is 11.8 Å². The van der Waals surface area contributed by atoms with E-state index in [2.05, 4.69) is 25.3 Å². The molecule has 1 aliphatic heterocycles. The van der Waals surface area contributed by atoms with Crippen molar-refractivity contribution in [3.8, 4) is 0 Å². The minimum absolute atomic E-state index is 0.0797. The van der Waals surface area contributed by atoms with E-state index in [9.17, 15) is 4.79 Å². The molecule has 2 aromatic rings. The molecule has 1 aliphatic rings. The molecule has 3 heterocycles. The maximum absolute atomic E-state index is 12.0. The number of anilines is 2. The summed E-state index contributed by atoms with van der Waals surface area (Å²) in [5.74, 6) is 2.04. The monoisotopic (exact) mass is 340 g/mol. The lowest BCUT2D eigenvalue weighted by Gasteiger charge is -2.33. The SMILES string of the molecule is CC(C)C(=O)N1CCC(Cc2cnc(Nc3ncccn3)cn2)CC1. The van der Waals surface area contributed by atoms with Crippen molar-refractivity contribution < 1.29 is 4.79 Å². The second kappa shape index (κ2) is 8.00. The summed E-state index contributed by atoms with van der Waals surface area (Å²) in [6.45, 7) is 5.61. The molecule has 0 atom stereocenters. The number of hydrogen-bond acceptors (Lipinski definition) is 6. The summed E-state index contributed by atoms with van der Waals surface area (Å²) in [6.07, 6.45) is 9.82. The molecule has 0 unspecified atom stereocenters. The van der Waals surface area contributed by atoms with Gasteiger partial charge in [0, 0.05) is 31.4 Å². The van der Waals surface area contributed by atoms with Gasteiger partial charge in [0.2, 0.25) is 11.9 Å². The lowest BCUT2D eigenvalue weighted by molar-refractivity contribution is -0.135. The molecule has 132 valence electrons. The second-order valence-electron chi connectivity index (χ2n) is 6.72. The quantitative estimate of drug-likeness (QED) is 0.900. The second-order valence-corrected chi connectivity index (χ2v) is 6.72. The molecule has 1 saturated heterocycles. The normalized spacial score (nSPS) is 15.4. The van der Waals surface area contributed by atoms with Crippen LogP contribution in [0.15, 0.2) is 30.9 Å². The molecule has 0 spiro atoms. The van der Waals surface area contributed by atoms with Crippen molar-refractivity contribution in [1.29, 1.82) is 0 Å². The van der Waals surface area contributed by atoms with Gasteiger partial charge in [-0.05, 0) is 31.2 Å². The van der Waals surface area contributed by atoms with E-state index in [1.807, 2.05) is 18.7 Å². The first-order valence-corrected chi connectivity index (χ1v) is 8.75. The van der Waals surface area contributed by atoms with Gasteiger partial charge in [-0.2, -0.15) is 0 Å². The van der Waals surface area contributed by atoms with Crippen LogP contribution in [0.1, 0.15) is 32.4 Å². The number of amides is 1. The number of carbonyl (C=O) groups is 1. The van der Waals surface area contributed by atoms with Gasteiger partial charge in [0.1, 0.15) is 0 Å². The fourth-order valence-corrected chi connectivity index (χ4v) is 3.02. The molecule has 0 radical (unpaired) electrons. The predicted octanol–water partition coefficient (Wildman–Crippen LogP) is 2.45. The molecular weight excluding hydrogens is 316 g/mol. The third kappa shape index (κ3) is 4.71. The predicted molar refractivity (Wildman–Crippen MR) is 95.2 cm³/mol. The maximum Gasteiger partial charge on any atom is 0.228 e. The zero-order valence-corrected chi connectivity index (χ0v) is 14.7. The smallest absolute Gasteiger partial charge is 0.228 e. The molecule has 3 rings (SSSR count). The number of carbonyl (C=O) groups excluding carboxylic acids is 1. The molecule has 0 saturated carbocycles. The Morgan fingerprint density at radius 1 is 1.16 bits per heavy atom. The van der Waals surface area contributed by atoms with Crippen LogP contribution in [0.3, 0.4) is 0 Å². The molecule has 0 bridgehead atoms. The summed E-state index contributed by atoms with van der Waals surface area (Å²) in [6, 6.07) is 1.76. The Kier molecular flexibility index (Phi) is 5.53. The highest BCUT2D eigenvalue weighted by atomic mass is 16.2. The molecule has 1 fully saturated rings. The summed E-state index contributed by atoms with van der Waals surface area (Å²) >= 11 is 0. The van der Waals surface area contributed by atoms with E-state index in [1.165, 1.54) is 0 Å². The van der Waals surface area contributed by atoms with Crippen LogP contribution in [0.2, 0.25) is 0 Å². The van der Waals surface area contributed by atoms with E-state index >= 15 is 0 Å². The maximum atomic E-state index is 12.0. The van der Waals surface area contributed by atoms with E-state index in [0.717, 1.165) is 38.0 Å². The van der Waals surface area contributed by atoms with Crippen LogP contribution in [0.4, 0.5) is 11.8 Å². The number of likely N-dealkylation sites (tertiary alicyclic amines) is 1. The van der Waals surface area contributed by atoms with Crippen molar-refractivity contribution in [2.45, 2.75) is 33.1 Å². The summed E-state index contributed by atoms with van der Waals surface area (Å²) in [5.41, 5.74) is 0.980. The zero-order valence-electron chi connectivity index (χ0n) is 14.7. The van der Waals surface area contributed by atoms with E-state index in [-0.39, 0.29) is 11.8 Å². The van der Waals surface area contributed by atoms with Gasteiger partial charge in [-0.15, -0.1) is 0 Å². The largest absolute Gasteiger partial charge is 0.342 e. The molecular formula is C18H24N6O. The third-order valence-corrected chi connectivity index (χ3v) is 4.43. The van der Waals surface area contributed by atoms with Gasteiger partial charge in [0.25, 0.3) is 0 Å². The van der Waals surface area contributed by atoms with Crippen LogP contribution in [-0.2, 0) is 11.2 Å². The summed E-state index contributed by atoms with van der Waals surface area (Å²) in [4.78, 5) is 31.1. The lowest BCUT2D eigenvalue weighted by atomic mass is 9.92. The Morgan fingerprint density at radius 3 is 2.48 bits per heavy atom. The van der Waals surface area contributed by atoms with Crippen LogP contribution in [0.5, 0.6) is 0 Å². The number of nitrogens with zero attached hydrogens (tertiary/aromatic N) is 5. The number of hydrogen-bond donors (Lipinski definition) is 1. The molecule has 1 amide bonds. The summed E-state index contributed by atoms with van der Waals surface area (Å²) in [5, 5.41) is 3.02. The van der Waals surface area contributed by atoms with Crippen LogP contribution >= 0.6 is 0 Å².